The van der Waals surface area contributed by atoms with Gasteiger partial charge < -0.3 is 15.0 Å². The summed E-state index contributed by atoms with van der Waals surface area (Å²) < 4.78 is 7.35. The van der Waals surface area contributed by atoms with E-state index in [0.29, 0.717) is 23.6 Å². The zero-order chi connectivity index (χ0) is 16.9. The second-order valence-corrected chi connectivity index (χ2v) is 5.30. The summed E-state index contributed by atoms with van der Waals surface area (Å²) in [5, 5.41) is 0. The van der Waals surface area contributed by atoms with Crippen molar-refractivity contribution in [3.8, 4) is 11.5 Å². The number of carbonyl (C=O) groups excluding carboxylic acids is 1. The number of ether oxygens (including phenoxy) is 1. The first kappa shape index (κ1) is 15.6. The number of primary amides is 1. The van der Waals surface area contributed by atoms with E-state index in [9.17, 15) is 9.59 Å². The summed E-state index contributed by atoms with van der Waals surface area (Å²) >= 11 is 0. The van der Waals surface area contributed by atoms with Gasteiger partial charge in [-0.15, -0.1) is 0 Å². The molecule has 1 aromatic heterocycles. The molecule has 5 heteroatoms. The minimum atomic E-state index is -0.496. The largest absolute Gasteiger partial charge is 0.457 e. The Labute approximate surface area is 138 Å². The highest BCUT2D eigenvalue weighted by molar-refractivity contribution is 5.93. The van der Waals surface area contributed by atoms with Crippen LogP contribution in [0.5, 0.6) is 11.5 Å². The third-order valence-electron chi connectivity index (χ3n) is 3.53. The predicted octanol–water partition coefficient (Wildman–Crippen LogP) is 2.79. The lowest BCUT2D eigenvalue weighted by atomic mass is 10.2. The molecule has 1 amide bonds. The third kappa shape index (κ3) is 3.70. The Morgan fingerprint density at radius 2 is 1.75 bits per heavy atom. The maximum absolute atomic E-state index is 11.7. The van der Waals surface area contributed by atoms with Gasteiger partial charge in [0, 0.05) is 17.8 Å². The Morgan fingerprint density at radius 3 is 2.46 bits per heavy atom. The van der Waals surface area contributed by atoms with Crippen LogP contribution < -0.4 is 16.0 Å². The number of aromatic nitrogens is 1. The molecule has 5 nitrogen and oxygen atoms in total. The zero-order valence-electron chi connectivity index (χ0n) is 12.9. The van der Waals surface area contributed by atoms with E-state index >= 15 is 0 Å². The minimum Gasteiger partial charge on any atom is -0.457 e. The molecular weight excluding hydrogens is 304 g/mol. The lowest BCUT2D eigenvalue weighted by molar-refractivity contribution is 0.1000. The number of nitrogens with zero attached hydrogens (tertiary/aromatic N) is 1. The molecule has 0 saturated carbocycles. The average Bonchev–Trinajstić information content (AvgIpc) is 2.59. The van der Waals surface area contributed by atoms with Crippen LogP contribution in [0.2, 0.25) is 0 Å². The van der Waals surface area contributed by atoms with Crippen LogP contribution in [0, 0.1) is 0 Å². The van der Waals surface area contributed by atoms with Crippen molar-refractivity contribution in [2.45, 2.75) is 6.54 Å². The van der Waals surface area contributed by atoms with Gasteiger partial charge in [-0.2, -0.15) is 0 Å². The lowest BCUT2D eigenvalue weighted by Crippen LogP contribution is -2.18. The van der Waals surface area contributed by atoms with Gasteiger partial charge >= 0.3 is 0 Å². The average molecular weight is 320 g/mol. The smallest absolute Gasteiger partial charge is 0.250 e. The summed E-state index contributed by atoms with van der Waals surface area (Å²) in [7, 11) is 0. The molecule has 0 spiro atoms. The number of hydrogen-bond donors (Lipinski definition) is 1. The van der Waals surface area contributed by atoms with Gasteiger partial charge in [-0.1, -0.05) is 24.3 Å². The third-order valence-corrected chi connectivity index (χ3v) is 3.53. The number of hydrogen-bond acceptors (Lipinski definition) is 3. The van der Waals surface area contributed by atoms with Gasteiger partial charge in [0.25, 0.3) is 5.56 Å². The van der Waals surface area contributed by atoms with E-state index < -0.39 is 5.91 Å². The molecule has 120 valence electrons. The molecule has 0 atom stereocenters. The Balaban J connectivity index is 1.73. The van der Waals surface area contributed by atoms with Gasteiger partial charge in [0.15, 0.2) is 0 Å². The van der Waals surface area contributed by atoms with E-state index in [1.165, 1.54) is 6.07 Å². The first-order chi connectivity index (χ1) is 11.6. The fraction of sp³-hybridized carbons (Fsp3) is 0.0526. The summed E-state index contributed by atoms with van der Waals surface area (Å²) in [5.41, 5.74) is 6.60. The molecule has 0 saturated heterocycles. The SMILES string of the molecule is NC(=O)c1cccc(Oc2ccc(Cn3ccccc3=O)cc2)c1. The monoisotopic (exact) mass is 320 g/mol. The Morgan fingerprint density at radius 1 is 0.958 bits per heavy atom. The number of pyridine rings is 1. The van der Waals surface area contributed by atoms with E-state index in [-0.39, 0.29) is 5.56 Å². The van der Waals surface area contributed by atoms with Crippen LogP contribution in [0.15, 0.2) is 77.7 Å². The fourth-order valence-electron chi connectivity index (χ4n) is 2.30. The summed E-state index contributed by atoms with van der Waals surface area (Å²) in [5.74, 6) is 0.684. The van der Waals surface area contributed by atoms with E-state index in [1.807, 2.05) is 30.3 Å². The lowest BCUT2D eigenvalue weighted by Gasteiger charge is -2.09. The molecule has 0 bridgehead atoms. The molecule has 0 aliphatic carbocycles. The van der Waals surface area contributed by atoms with Crippen molar-refractivity contribution >= 4 is 5.91 Å². The topological polar surface area (TPSA) is 74.3 Å². The Bertz CT molecular complexity index is 914. The van der Waals surface area contributed by atoms with Crippen molar-refractivity contribution in [2.24, 2.45) is 5.73 Å². The number of carbonyl (C=O) groups is 1. The molecule has 3 aromatic rings. The second-order valence-electron chi connectivity index (χ2n) is 5.30. The first-order valence-corrected chi connectivity index (χ1v) is 7.44. The van der Waals surface area contributed by atoms with Crippen molar-refractivity contribution in [1.82, 2.24) is 4.57 Å². The highest BCUT2D eigenvalue weighted by Crippen LogP contribution is 2.22. The van der Waals surface area contributed by atoms with Crippen LogP contribution in [-0.4, -0.2) is 10.5 Å². The minimum absolute atomic E-state index is 0.0407. The van der Waals surface area contributed by atoms with Gasteiger partial charge in [-0.25, -0.2) is 0 Å². The molecule has 24 heavy (non-hydrogen) atoms. The van der Waals surface area contributed by atoms with Crippen LogP contribution in [0.25, 0.3) is 0 Å². The summed E-state index contributed by atoms with van der Waals surface area (Å²) in [6, 6.07) is 19.2. The number of nitrogens with two attached hydrogens (primary N) is 1. The zero-order valence-corrected chi connectivity index (χ0v) is 12.9. The van der Waals surface area contributed by atoms with Gasteiger partial charge in [-0.3, -0.25) is 9.59 Å². The van der Waals surface area contributed by atoms with Crippen molar-refractivity contribution in [1.29, 1.82) is 0 Å². The summed E-state index contributed by atoms with van der Waals surface area (Å²) in [4.78, 5) is 22.9. The van der Waals surface area contributed by atoms with Crippen LogP contribution in [0.3, 0.4) is 0 Å². The highest BCUT2D eigenvalue weighted by atomic mass is 16.5. The van der Waals surface area contributed by atoms with Crippen LogP contribution in [0.1, 0.15) is 15.9 Å². The number of benzene rings is 2. The molecule has 0 fully saturated rings. The standard InChI is InChI=1S/C19H16N2O3/c20-19(23)15-4-3-5-17(12-15)24-16-9-7-14(8-10-16)13-21-11-2-1-6-18(21)22/h1-12H,13H2,(H2,20,23). The normalized spacial score (nSPS) is 10.3. The van der Waals surface area contributed by atoms with E-state index in [1.54, 1.807) is 41.1 Å². The number of rotatable bonds is 5. The van der Waals surface area contributed by atoms with Crippen molar-refractivity contribution in [3.05, 3.63) is 94.4 Å². The Hall–Kier alpha value is -3.34. The van der Waals surface area contributed by atoms with Crippen molar-refractivity contribution in [3.63, 3.8) is 0 Å². The molecule has 2 N–H and O–H groups in total. The predicted molar refractivity (Wildman–Crippen MR) is 91.3 cm³/mol. The van der Waals surface area contributed by atoms with Crippen LogP contribution in [0.4, 0.5) is 0 Å². The van der Waals surface area contributed by atoms with E-state index in [0.717, 1.165) is 5.56 Å². The van der Waals surface area contributed by atoms with Crippen molar-refractivity contribution in [2.75, 3.05) is 0 Å². The molecular formula is C19H16N2O3. The van der Waals surface area contributed by atoms with Gasteiger partial charge in [0.05, 0.1) is 6.54 Å². The van der Waals surface area contributed by atoms with Gasteiger partial charge in [-0.05, 0) is 42.0 Å². The van der Waals surface area contributed by atoms with E-state index in [4.69, 9.17) is 10.5 Å². The molecule has 0 unspecified atom stereocenters. The Kier molecular flexibility index (Phi) is 4.43. The maximum Gasteiger partial charge on any atom is 0.250 e. The van der Waals surface area contributed by atoms with Crippen molar-refractivity contribution < 1.29 is 9.53 Å². The molecule has 2 aromatic carbocycles. The molecule has 0 aliphatic rings. The molecule has 3 rings (SSSR count). The summed E-state index contributed by atoms with van der Waals surface area (Å²) in [6.07, 6.45) is 1.75. The maximum atomic E-state index is 11.7. The second kappa shape index (κ2) is 6.83. The summed E-state index contributed by atoms with van der Waals surface area (Å²) in [6.45, 7) is 0.497. The number of amides is 1. The van der Waals surface area contributed by atoms with Crippen LogP contribution >= 0.6 is 0 Å². The van der Waals surface area contributed by atoms with E-state index in [2.05, 4.69) is 0 Å². The van der Waals surface area contributed by atoms with Gasteiger partial charge in [0.2, 0.25) is 5.91 Å². The highest BCUT2D eigenvalue weighted by Gasteiger charge is 2.04. The molecule has 0 radical (unpaired) electrons. The fourth-order valence-corrected chi connectivity index (χ4v) is 2.30. The first-order valence-electron chi connectivity index (χ1n) is 7.44. The molecule has 0 aliphatic heterocycles. The van der Waals surface area contributed by atoms with Crippen LogP contribution in [-0.2, 0) is 6.54 Å². The van der Waals surface area contributed by atoms with Gasteiger partial charge in [0.1, 0.15) is 11.5 Å². The molecule has 1 heterocycles. The quantitative estimate of drug-likeness (QED) is 0.785.